The van der Waals surface area contributed by atoms with Gasteiger partial charge in [0.2, 0.25) is 5.91 Å². The molecule has 4 atom stereocenters. The molecule has 0 spiro atoms. The number of anilines is 1. The van der Waals surface area contributed by atoms with Gasteiger partial charge in [-0.1, -0.05) is 12.2 Å². The fourth-order valence-corrected chi connectivity index (χ4v) is 4.02. The second-order valence-corrected chi connectivity index (χ2v) is 5.78. The van der Waals surface area contributed by atoms with Crippen LogP contribution in [0.25, 0.3) is 0 Å². The maximum absolute atomic E-state index is 12.6. The first-order chi connectivity index (χ1) is 9.28. The molecule has 1 aromatic rings. The van der Waals surface area contributed by atoms with Crippen molar-refractivity contribution in [1.82, 2.24) is 0 Å². The van der Waals surface area contributed by atoms with E-state index < -0.39 is 0 Å². The first-order valence-electron chi connectivity index (χ1n) is 6.91. The summed E-state index contributed by atoms with van der Waals surface area (Å²) in [5.74, 6) is 3.03. The van der Waals surface area contributed by atoms with Gasteiger partial charge in [0.15, 0.2) is 0 Å². The summed E-state index contributed by atoms with van der Waals surface area (Å²) in [4.78, 5) is 14.6. The number of hydrogen-bond acceptors (Lipinski definition) is 2. The smallest absolute Gasteiger partial charge is 0.231 e. The van der Waals surface area contributed by atoms with E-state index in [1.165, 1.54) is 6.42 Å². The Morgan fingerprint density at radius 2 is 1.89 bits per heavy atom. The van der Waals surface area contributed by atoms with Crippen molar-refractivity contribution in [2.75, 3.05) is 18.6 Å². The van der Waals surface area contributed by atoms with E-state index in [4.69, 9.17) is 4.74 Å². The number of rotatable bonds is 2. The first-order valence-corrected chi connectivity index (χ1v) is 6.91. The molecule has 0 aromatic heterocycles. The third-order valence-electron chi connectivity index (χ3n) is 4.95. The van der Waals surface area contributed by atoms with Crippen molar-refractivity contribution < 1.29 is 9.53 Å². The number of carbonyl (C=O) groups excluding carboxylic acids is 1. The van der Waals surface area contributed by atoms with E-state index in [0.29, 0.717) is 23.7 Å². The van der Waals surface area contributed by atoms with Gasteiger partial charge in [0.05, 0.1) is 7.11 Å². The summed E-state index contributed by atoms with van der Waals surface area (Å²) in [7, 11) is 1.66. The number of benzene rings is 1. The summed E-state index contributed by atoms with van der Waals surface area (Å²) < 4.78 is 5.16. The fourth-order valence-electron chi connectivity index (χ4n) is 4.02. The third-order valence-corrected chi connectivity index (χ3v) is 4.95. The molecule has 1 aromatic carbocycles. The van der Waals surface area contributed by atoms with Crippen LogP contribution < -0.4 is 9.64 Å². The molecule has 4 rings (SSSR count). The maximum Gasteiger partial charge on any atom is 0.231 e. The van der Waals surface area contributed by atoms with Crippen LogP contribution in [0.4, 0.5) is 5.69 Å². The third kappa shape index (κ3) is 1.47. The lowest BCUT2D eigenvalue weighted by molar-refractivity contribution is -0.121. The van der Waals surface area contributed by atoms with Crippen molar-refractivity contribution in [2.45, 2.75) is 6.42 Å². The summed E-state index contributed by atoms with van der Waals surface area (Å²) in [5, 5.41) is 0. The number of nitrogens with zero attached hydrogens (tertiary/aromatic N) is 1. The summed E-state index contributed by atoms with van der Waals surface area (Å²) in [5.41, 5.74) is 1.000. The molecule has 1 saturated heterocycles. The number of hydrogen-bond donors (Lipinski definition) is 0. The van der Waals surface area contributed by atoms with Gasteiger partial charge in [-0.25, -0.2) is 0 Å². The molecular formula is C16H17NO2. The standard InChI is InChI=1S/C16H17NO2/c1-19-13-6-4-12(5-7-13)17-9-14-10-2-3-11(8-10)15(14)16(17)18/h2-7,10-11,14-15H,8-9H2,1H3/t10-,11+,14-,15+/m0/s1. The van der Waals surface area contributed by atoms with Crippen LogP contribution in [0.3, 0.4) is 0 Å². The summed E-state index contributed by atoms with van der Waals surface area (Å²) in [6, 6.07) is 7.80. The Labute approximate surface area is 112 Å². The molecule has 2 aliphatic carbocycles. The monoisotopic (exact) mass is 255 g/mol. The second kappa shape index (κ2) is 3.86. The number of ether oxygens (including phenoxy) is 1. The predicted molar refractivity (Wildman–Crippen MR) is 73.1 cm³/mol. The van der Waals surface area contributed by atoms with Crippen molar-refractivity contribution >= 4 is 11.6 Å². The number of carbonyl (C=O) groups is 1. The lowest BCUT2D eigenvalue weighted by atomic mass is 9.86. The molecule has 98 valence electrons. The molecule has 3 heteroatoms. The Hall–Kier alpha value is -1.77. The van der Waals surface area contributed by atoms with Gasteiger partial charge >= 0.3 is 0 Å². The molecule has 0 radical (unpaired) electrons. The van der Waals surface area contributed by atoms with E-state index in [0.717, 1.165) is 18.0 Å². The topological polar surface area (TPSA) is 29.5 Å². The highest BCUT2D eigenvalue weighted by Crippen LogP contribution is 2.52. The fraction of sp³-hybridized carbons (Fsp3) is 0.438. The number of amides is 1. The van der Waals surface area contributed by atoms with Crippen molar-refractivity contribution in [3.8, 4) is 5.75 Å². The van der Waals surface area contributed by atoms with E-state index in [1.54, 1.807) is 7.11 Å². The van der Waals surface area contributed by atoms with E-state index in [2.05, 4.69) is 12.2 Å². The highest BCUT2D eigenvalue weighted by Gasteiger charge is 2.54. The van der Waals surface area contributed by atoms with Crippen LogP contribution in [0.5, 0.6) is 5.75 Å². The lowest BCUT2D eigenvalue weighted by Gasteiger charge is -2.19. The van der Waals surface area contributed by atoms with Crippen molar-refractivity contribution in [2.24, 2.45) is 23.7 Å². The van der Waals surface area contributed by atoms with Crippen molar-refractivity contribution in [3.63, 3.8) is 0 Å². The molecule has 0 unspecified atom stereocenters. The van der Waals surface area contributed by atoms with Crippen molar-refractivity contribution in [1.29, 1.82) is 0 Å². The van der Waals surface area contributed by atoms with E-state index >= 15 is 0 Å². The van der Waals surface area contributed by atoms with Gasteiger partial charge < -0.3 is 9.64 Å². The van der Waals surface area contributed by atoms with Crippen LogP contribution in [0.15, 0.2) is 36.4 Å². The second-order valence-electron chi connectivity index (χ2n) is 5.78. The molecule has 1 saturated carbocycles. The van der Waals surface area contributed by atoms with Gasteiger partial charge in [-0.05, 0) is 48.4 Å². The molecule has 1 heterocycles. The van der Waals surface area contributed by atoms with Gasteiger partial charge in [-0.15, -0.1) is 0 Å². The minimum absolute atomic E-state index is 0.233. The highest BCUT2D eigenvalue weighted by atomic mass is 16.5. The Morgan fingerprint density at radius 1 is 1.16 bits per heavy atom. The number of methoxy groups -OCH3 is 1. The van der Waals surface area contributed by atoms with Crippen LogP contribution in [0, 0.1) is 23.7 Å². The quantitative estimate of drug-likeness (QED) is 0.760. The molecule has 3 nitrogen and oxygen atoms in total. The summed E-state index contributed by atoms with van der Waals surface area (Å²) in [6.45, 7) is 0.876. The SMILES string of the molecule is COc1ccc(N2C[C@@H]3[C@H](C2=O)[C@@H]2C=C[C@H]3C2)cc1. The normalized spacial score (nSPS) is 35.0. The Morgan fingerprint density at radius 3 is 2.58 bits per heavy atom. The van der Waals surface area contributed by atoms with E-state index in [9.17, 15) is 4.79 Å². The highest BCUT2D eigenvalue weighted by molar-refractivity contribution is 5.98. The summed E-state index contributed by atoms with van der Waals surface area (Å²) >= 11 is 0. The zero-order valence-corrected chi connectivity index (χ0v) is 11.0. The molecule has 2 bridgehead atoms. The number of allylic oxidation sites excluding steroid dienone is 2. The Bertz CT molecular complexity index is 548. The first kappa shape index (κ1) is 11.1. The zero-order chi connectivity index (χ0) is 13.0. The average Bonchev–Trinajstić information content (AvgIpc) is 3.12. The minimum atomic E-state index is 0.233. The lowest BCUT2D eigenvalue weighted by Crippen LogP contribution is -2.28. The minimum Gasteiger partial charge on any atom is -0.497 e. The average molecular weight is 255 g/mol. The summed E-state index contributed by atoms with van der Waals surface area (Å²) in [6.07, 6.45) is 5.76. The van der Waals surface area contributed by atoms with Gasteiger partial charge in [0.25, 0.3) is 0 Å². The molecule has 3 aliphatic rings. The molecule has 2 fully saturated rings. The number of fused-ring (bicyclic) bond motifs is 5. The Kier molecular flexibility index (Phi) is 2.25. The zero-order valence-electron chi connectivity index (χ0n) is 11.0. The van der Waals surface area contributed by atoms with Gasteiger partial charge in [0.1, 0.15) is 5.75 Å². The maximum atomic E-state index is 12.6. The molecule has 1 amide bonds. The van der Waals surface area contributed by atoms with Crippen LogP contribution >= 0.6 is 0 Å². The van der Waals surface area contributed by atoms with E-state index in [1.807, 2.05) is 29.2 Å². The predicted octanol–water partition coefficient (Wildman–Crippen LogP) is 2.48. The molecule has 0 N–H and O–H groups in total. The van der Waals surface area contributed by atoms with Gasteiger partial charge in [-0.2, -0.15) is 0 Å². The Balaban J connectivity index is 1.62. The van der Waals surface area contributed by atoms with E-state index in [-0.39, 0.29) is 5.92 Å². The van der Waals surface area contributed by atoms with Gasteiger partial charge in [0, 0.05) is 18.2 Å². The molecule has 19 heavy (non-hydrogen) atoms. The van der Waals surface area contributed by atoms with Crippen LogP contribution in [-0.2, 0) is 4.79 Å². The molecular weight excluding hydrogens is 238 g/mol. The molecule has 1 aliphatic heterocycles. The van der Waals surface area contributed by atoms with Gasteiger partial charge in [-0.3, -0.25) is 4.79 Å². The largest absolute Gasteiger partial charge is 0.497 e. The van der Waals surface area contributed by atoms with Crippen LogP contribution in [-0.4, -0.2) is 19.6 Å². The van der Waals surface area contributed by atoms with Crippen LogP contribution in [0.2, 0.25) is 0 Å². The van der Waals surface area contributed by atoms with Crippen LogP contribution in [0.1, 0.15) is 6.42 Å². The van der Waals surface area contributed by atoms with Crippen molar-refractivity contribution in [3.05, 3.63) is 36.4 Å².